The molecule has 0 spiro atoms. The van der Waals surface area contributed by atoms with Crippen molar-refractivity contribution in [3.8, 4) is 0 Å². The largest absolute Gasteiger partial charge is 0.379 e. The molecule has 4 heteroatoms. The van der Waals surface area contributed by atoms with Crippen molar-refractivity contribution >= 4 is 0 Å². The van der Waals surface area contributed by atoms with E-state index in [1.54, 1.807) is 0 Å². The van der Waals surface area contributed by atoms with Gasteiger partial charge in [0.25, 0.3) is 0 Å². The number of hydrogen-bond acceptors (Lipinski definition) is 4. The summed E-state index contributed by atoms with van der Waals surface area (Å²) in [7, 11) is 0. The summed E-state index contributed by atoms with van der Waals surface area (Å²) in [6, 6.07) is 0. The molecule has 0 saturated carbocycles. The zero-order valence-corrected chi connectivity index (χ0v) is 9.58. The molecule has 0 amide bonds. The Hall–Kier alpha value is -0.290. The highest BCUT2D eigenvalue weighted by atomic mass is 16.5. The van der Waals surface area contributed by atoms with E-state index >= 15 is 0 Å². The Balaban J connectivity index is 2.81. The quantitative estimate of drug-likeness (QED) is 0.392. The molecule has 0 rings (SSSR count). The van der Waals surface area contributed by atoms with E-state index in [0.29, 0.717) is 33.0 Å². The highest BCUT2D eigenvalue weighted by molar-refractivity contribution is 4.40. The summed E-state index contributed by atoms with van der Waals surface area (Å²) >= 11 is 0. The van der Waals surface area contributed by atoms with Gasteiger partial charge in [-0.2, -0.15) is 0 Å². The molecular formula is C11H24NO3+. The van der Waals surface area contributed by atoms with E-state index in [2.05, 4.69) is 6.92 Å². The molecule has 0 unspecified atom stereocenters. The molecule has 0 aromatic heterocycles. The smallest absolute Gasteiger partial charge is 0.0872 e. The molecule has 15 heavy (non-hydrogen) atoms. The first-order valence-corrected chi connectivity index (χ1v) is 5.64. The predicted molar refractivity (Wildman–Crippen MR) is 60.7 cm³/mol. The molecule has 0 radical (unpaired) electrons. The summed E-state index contributed by atoms with van der Waals surface area (Å²) < 4.78 is 15.9. The summed E-state index contributed by atoms with van der Waals surface area (Å²) in [6.07, 6.45) is 2.85. The summed E-state index contributed by atoms with van der Waals surface area (Å²) in [5, 5.41) is 0. The molecule has 0 aliphatic carbocycles. The van der Waals surface area contributed by atoms with Crippen LogP contribution in [0.15, 0.2) is 0 Å². The normalized spacial score (nSPS) is 10.7. The molecule has 0 bridgehead atoms. The van der Waals surface area contributed by atoms with Gasteiger partial charge in [-0.1, -0.05) is 0 Å². The van der Waals surface area contributed by atoms with E-state index in [0.717, 1.165) is 32.5 Å². The van der Waals surface area contributed by atoms with E-state index < -0.39 is 0 Å². The van der Waals surface area contributed by atoms with Crippen LogP contribution >= 0.6 is 0 Å². The van der Waals surface area contributed by atoms with Gasteiger partial charge in [-0.05, 0) is 13.0 Å². The molecule has 4 nitrogen and oxygen atoms in total. The van der Waals surface area contributed by atoms with Crippen LogP contribution in [-0.4, -0.2) is 46.2 Å². The maximum Gasteiger partial charge on any atom is 0.0872 e. The summed E-state index contributed by atoms with van der Waals surface area (Å²) in [6.45, 7) is 8.47. The highest BCUT2D eigenvalue weighted by Gasteiger charge is 1.91. The lowest BCUT2D eigenvalue weighted by Crippen LogP contribution is -2.11. The van der Waals surface area contributed by atoms with Crippen LogP contribution in [0, 0.1) is 6.92 Å². The Morgan fingerprint density at radius 3 is 1.67 bits per heavy atom. The fourth-order valence-corrected chi connectivity index (χ4v) is 0.931. The molecule has 0 heterocycles. The molecule has 0 aliphatic heterocycles. The Morgan fingerprint density at radius 2 is 1.20 bits per heavy atom. The maximum absolute atomic E-state index is 5.32. The van der Waals surface area contributed by atoms with E-state index in [9.17, 15) is 0 Å². The first kappa shape index (κ1) is 14.7. The van der Waals surface area contributed by atoms with Gasteiger partial charge in [0.1, 0.15) is 0 Å². The van der Waals surface area contributed by atoms with Crippen LogP contribution in [0.5, 0.6) is 0 Å². The molecule has 0 fully saturated rings. The number of ether oxygens (including phenoxy) is 3. The zero-order valence-electron chi connectivity index (χ0n) is 9.58. The highest BCUT2D eigenvalue weighted by Crippen LogP contribution is 1.87. The Bertz CT molecular complexity index is 100. The van der Waals surface area contributed by atoms with Crippen LogP contribution in [0.4, 0.5) is 0 Å². The topological polar surface area (TPSA) is 53.7 Å². The summed E-state index contributed by atoms with van der Waals surface area (Å²) in [5.74, 6) is 0. The van der Waals surface area contributed by atoms with Gasteiger partial charge in [0.05, 0.1) is 46.4 Å². The van der Waals surface area contributed by atoms with Crippen molar-refractivity contribution in [1.29, 1.82) is 0 Å². The van der Waals surface area contributed by atoms with Crippen LogP contribution in [0.2, 0.25) is 0 Å². The number of nitrogens with two attached hydrogens (primary N) is 1. The lowest BCUT2D eigenvalue weighted by atomic mass is 10.4. The van der Waals surface area contributed by atoms with Gasteiger partial charge in [-0.25, -0.2) is 0 Å². The van der Waals surface area contributed by atoms with Crippen LogP contribution in [-0.2, 0) is 14.2 Å². The Labute approximate surface area is 93.1 Å². The van der Waals surface area contributed by atoms with E-state index in [4.69, 9.17) is 19.9 Å². The second-order valence-electron chi connectivity index (χ2n) is 3.19. The summed E-state index contributed by atoms with van der Waals surface area (Å²) in [4.78, 5) is 0. The van der Waals surface area contributed by atoms with Crippen LogP contribution in [0.3, 0.4) is 0 Å². The van der Waals surface area contributed by atoms with Crippen molar-refractivity contribution in [2.24, 2.45) is 5.73 Å². The van der Waals surface area contributed by atoms with Crippen LogP contribution < -0.4 is 5.73 Å². The third-order valence-corrected chi connectivity index (χ3v) is 1.78. The van der Waals surface area contributed by atoms with E-state index in [-0.39, 0.29) is 0 Å². The fraction of sp³-hybridized carbons (Fsp3) is 0.909. The van der Waals surface area contributed by atoms with Crippen LogP contribution in [0.25, 0.3) is 0 Å². The number of unbranched alkanes of at least 4 members (excludes halogenated alkanes) is 1. The molecule has 0 atom stereocenters. The first-order chi connectivity index (χ1) is 7.41. The monoisotopic (exact) mass is 218 g/mol. The molecule has 0 aromatic rings. The molecule has 0 aromatic carbocycles. The van der Waals surface area contributed by atoms with Gasteiger partial charge >= 0.3 is 0 Å². The third-order valence-electron chi connectivity index (χ3n) is 1.78. The van der Waals surface area contributed by atoms with Crippen molar-refractivity contribution < 1.29 is 14.2 Å². The Kier molecular flexibility index (Phi) is 13.4. The standard InChI is InChI=1S/C11H24NO3/c1-2-3-6-13-8-10-15-11-9-14-7-4-5-12/h1-12H2/q+1. The number of rotatable bonds is 12. The van der Waals surface area contributed by atoms with Gasteiger partial charge < -0.3 is 19.9 Å². The molecule has 2 N–H and O–H groups in total. The molecule has 0 saturated heterocycles. The van der Waals surface area contributed by atoms with E-state index in [1.165, 1.54) is 0 Å². The second-order valence-corrected chi connectivity index (χ2v) is 3.19. The van der Waals surface area contributed by atoms with Gasteiger partial charge in [0.15, 0.2) is 0 Å². The van der Waals surface area contributed by atoms with Crippen molar-refractivity contribution in [3.63, 3.8) is 0 Å². The third kappa shape index (κ3) is 13.7. The van der Waals surface area contributed by atoms with Crippen molar-refractivity contribution in [2.75, 3.05) is 46.2 Å². The summed E-state index contributed by atoms with van der Waals surface area (Å²) in [5.41, 5.74) is 5.32. The van der Waals surface area contributed by atoms with Crippen LogP contribution in [0.1, 0.15) is 19.3 Å². The van der Waals surface area contributed by atoms with Gasteiger partial charge in [0.2, 0.25) is 0 Å². The maximum atomic E-state index is 5.32. The van der Waals surface area contributed by atoms with Crippen molar-refractivity contribution in [2.45, 2.75) is 19.3 Å². The van der Waals surface area contributed by atoms with Crippen molar-refractivity contribution in [1.82, 2.24) is 0 Å². The van der Waals surface area contributed by atoms with Gasteiger partial charge in [-0.15, -0.1) is 0 Å². The first-order valence-electron chi connectivity index (χ1n) is 5.64. The molecular weight excluding hydrogens is 194 g/mol. The molecule has 90 valence electrons. The SMILES string of the molecule is [CH2+]CCCOCCOCCOCCCN. The van der Waals surface area contributed by atoms with Crippen molar-refractivity contribution in [3.05, 3.63) is 6.92 Å². The zero-order chi connectivity index (χ0) is 11.2. The lowest BCUT2D eigenvalue weighted by Gasteiger charge is -2.05. The average molecular weight is 218 g/mol. The fourth-order valence-electron chi connectivity index (χ4n) is 0.931. The lowest BCUT2D eigenvalue weighted by molar-refractivity contribution is 0.0141. The minimum absolute atomic E-state index is 0.628. The minimum Gasteiger partial charge on any atom is -0.379 e. The van der Waals surface area contributed by atoms with E-state index in [1.807, 2.05) is 0 Å². The minimum atomic E-state index is 0.628. The van der Waals surface area contributed by atoms with Gasteiger partial charge in [-0.3, -0.25) is 0 Å². The number of hydrogen-bond donors (Lipinski definition) is 1. The van der Waals surface area contributed by atoms with Gasteiger partial charge in [0, 0.05) is 13.0 Å². The predicted octanol–water partition coefficient (Wildman–Crippen LogP) is 0.999. The Morgan fingerprint density at radius 1 is 0.733 bits per heavy atom. The average Bonchev–Trinajstić information content (AvgIpc) is 2.26. The molecule has 0 aliphatic rings. The second kappa shape index (κ2) is 13.7.